The van der Waals surface area contributed by atoms with E-state index in [1.807, 2.05) is 0 Å². The molecule has 126 valence electrons. The minimum atomic E-state index is -1.09. The molecule has 0 aliphatic heterocycles. The molecule has 2 N–H and O–H groups in total. The largest absolute Gasteiger partial charge is 0.478 e. The molecular weight excluding hydrogens is 332 g/mol. The number of carbonyl (C=O) groups is 2. The number of carboxylic acids is 1. The molecule has 2 aromatic rings. The fraction of sp³-hybridized carbons (Fsp3) is 0.235. The summed E-state index contributed by atoms with van der Waals surface area (Å²) in [6.07, 6.45) is 0.844. The molecule has 7 heteroatoms. The maximum atomic E-state index is 11.7. The van der Waals surface area contributed by atoms with Crippen molar-refractivity contribution in [3.63, 3.8) is 0 Å². The first kappa shape index (κ1) is 17.7. The van der Waals surface area contributed by atoms with E-state index in [1.54, 1.807) is 45.0 Å². The third kappa shape index (κ3) is 4.70. The summed E-state index contributed by atoms with van der Waals surface area (Å²) < 4.78 is 5.17. The van der Waals surface area contributed by atoms with Gasteiger partial charge in [-0.15, -0.1) is 0 Å². The lowest BCUT2D eigenvalue weighted by Gasteiger charge is -2.19. The van der Waals surface area contributed by atoms with Crippen LogP contribution in [0.4, 0.5) is 10.5 Å². The van der Waals surface area contributed by atoms with Gasteiger partial charge in [0.15, 0.2) is 0 Å². The molecule has 1 amide bonds. The van der Waals surface area contributed by atoms with Crippen molar-refractivity contribution >= 4 is 29.4 Å². The van der Waals surface area contributed by atoms with Gasteiger partial charge in [0, 0.05) is 17.4 Å². The molecule has 6 nitrogen and oxygen atoms in total. The average Bonchev–Trinajstić information content (AvgIpc) is 2.46. The lowest BCUT2D eigenvalue weighted by molar-refractivity contribution is 0.0634. The zero-order valence-electron chi connectivity index (χ0n) is 13.5. The van der Waals surface area contributed by atoms with Crippen molar-refractivity contribution in [2.75, 3.05) is 5.32 Å². The molecule has 0 unspecified atom stereocenters. The second kappa shape index (κ2) is 6.88. The number of rotatable bonds is 3. The molecule has 0 bridgehead atoms. The van der Waals surface area contributed by atoms with Crippen LogP contribution in [-0.4, -0.2) is 27.8 Å². The Hall–Kier alpha value is -2.60. The molecule has 0 atom stereocenters. The van der Waals surface area contributed by atoms with Crippen LogP contribution in [0.2, 0.25) is 5.15 Å². The van der Waals surface area contributed by atoms with Gasteiger partial charge in [-0.1, -0.05) is 23.7 Å². The maximum Gasteiger partial charge on any atom is 0.412 e. The van der Waals surface area contributed by atoms with Crippen molar-refractivity contribution in [3.8, 4) is 11.1 Å². The Morgan fingerprint density at radius 2 is 1.83 bits per heavy atom. The van der Waals surface area contributed by atoms with Gasteiger partial charge in [-0.25, -0.2) is 14.6 Å². The van der Waals surface area contributed by atoms with Gasteiger partial charge in [0.1, 0.15) is 10.8 Å². The van der Waals surface area contributed by atoms with E-state index in [0.717, 1.165) is 0 Å². The van der Waals surface area contributed by atoms with Crippen molar-refractivity contribution in [1.82, 2.24) is 4.98 Å². The van der Waals surface area contributed by atoms with E-state index in [9.17, 15) is 14.7 Å². The Morgan fingerprint density at radius 1 is 1.21 bits per heavy atom. The minimum absolute atomic E-state index is 0.0582. The third-order valence-corrected chi connectivity index (χ3v) is 3.15. The van der Waals surface area contributed by atoms with E-state index >= 15 is 0 Å². The lowest BCUT2D eigenvalue weighted by atomic mass is 10.0. The van der Waals surface area contributed by atoms with E-state index in [1.165, 1.54) is 12.3 Å². The Balaban J connectivity index is 2.21. The number of nitrogens with one attached hydrogen (secondary N) is 1. The number of ether oxygens (including phenoxy) is 1. The zero-order valence-corrected chi connectivity index (χ0v) is 14.2. The summed E-state index contributed by atoms with van der Waals surface area (Å²) in [5.74, 6) is -1.09. The van der Waals surface area contributed by atoms with Crippen LogP contribution in [0.3, 0.4) is 0 Å². The number of aromatic nitrogens is 1. The molecule has 24 heavy (non-hydrogen) atoms. The van der Waals surface area contributed by atoms with E-state index in [2.05, 4.69) is 10.3 Å². The average molecular weight is 349 g/mol. The predicted molar refractivity (Wildman–Crippen MR) is 91.5 cm³/mol. The Kier molecular flexibility index (Phi) is 5.09. The van der Waals surface area contributed by atoms with Crippen LogP contribution in [0.1, 0.15) is 31.1 Å². The molecule has 0 spiro atoms. The number of anilines is 1. The van der Waals surface area contributed by atoms with Gasteiger partial charge in [0.05, 0.1) is 5.56 Å². The van der Waals surface area contributed by atoms with Crippen LogP contribution >= 0.6 is 11.6 Å². The Morgan fingerprint density at radius 3 is 2.38 bits per heavy atom. The molecule has 0 radical (unpaired) electrons. The number of nitrogens with zero attached hydrogens (tertiary/aromatic N) is 1. The van der Waals surface area contributed by atoms with E-state index in [-0.39, 0.29) is 10.7 Å². The summed E-state index contributed by atoms with van der Waals surface area (Å²) in [6, 6.07) is 7.97. The molecule has 1 heterocycles. The second-order valence-corrected chi connectivity index (χ2v) is 6.45. The van der Waals surface area contributed by atoms with Crippen LogP contribution < -0.4 is 5.32 Å². The van der Waals surface area contributed by atoms with Crippen LogP contribution in [0.5, 0.6) is 0 Å². The van der Waals surface area contributed by atoms with Crippen LogP contribution in [0.25, 0.3) is 11.1 Å². The van der Waals surface area contributed by atoms with Crippen molar-refractivity contribution in [2.24, 2.45) is 0 Å². The predicted octanol–water partition coefficient (Wildman–Crippen LogP) is 4.45. The van der Waals surface area contributed by atoms with Crippen molar-refractivity contribution < 1.29 is 19.4 Å². The molecule has 0 saturated carbocycles. The number of aromatic carboxylic acids is 1. The first-order valence-electron chi connectivity index (χ1n) is 7.15. The highest BCUT2D eigenvalue weighted by atomic mass is 35.5. The Labute approximate surface area is 144 Å². The molecule has 0 aliphatic carbocycles. The molecule has 0 saturated heterocycles. The monoisotopic (exact) mass is 348 g/mol. The molecular formula is C17H17ClN2O4. The van der Waals surface area contributed by atoms with Gasteiger partial charge < -0.3 is 9.84 Å². The van der Waals surface area contributed by atoms with Gasteiger partial charge in [-0.2, -0.15) is 0 Å². The fourth-order valence-electron chi connectivity index (χ4n) is 1.99. The van der Waals surface area contributed by atoms with E-state index in [4.69, 9.17) is 16.3 Å². The number of halogens is 1. The van der Waals surface area contributed by atoms with E-state index in [0.29, 0.717) is 16.8 Å². The fourth-order valence-corrected chi connectivity index (χ4v) is 2.15. The first-order valence-corrected chi connectivity index (χ1v) is 7.53. The highest BCUT2D eigenvalue weighted by molar-refractivity contribution is 6.29. The van der Waals surface area contributed by atoms with Gasteiger partial charge in [-0.05, 0) is 44.5 Å². The van der Waals surface area contributed by atoms with Crippen molar-refractivity contribution in [2.45, 2.75) is 26.4 Å². The van der Waals surface area contributed by atoms with Gasteiger partial charge in [0.2, 0.25) is 0 Å². The summed E-state index contributed by atoms with van der Waals surface area (Å²) in [5, 5.41) is 12.0. The highest BCUT2D eigenvalue weighted by Gasteiger charge is 2.17. The topological polar surface area (TPSA) is 88.5 Å². The number of hydrogen-bond donors (Lipinski definition) is 2. The Bertz CT molecular complexity index is 767. The number of hydrogen-bond acceptors (Lipinski definition) is 4. The summed E-state index contributed by atoms with van der Waals surface area (Å²) in [5.41, 5.74) is 1.09. The number of amides is 1. The number of pyridine rings is 1. The molecule has 0 fully saturated rings. The second-order valence-electron chi connectivity index (χ2n) is 6.06. The maximum absolute atomic E-state index is 11.7. The summed E-state index contributed by atoms with van der Waals surface area (Å²) in [4.78, 5) is 27.0. The molecule has 1 aromatic heterocycles. The number of carbonyl (C=O) groups excluding carboxylic acids is 1. The van der Waals surface area contributed by atoms with Crippen molar-refractivity contribution in [1.29, 1.82) is 0 Å². The summed E-state index contributed by atoms with van der Waals surface area (Å²) in [6.45, 7) is 5.32. The molecule has 0 aliphatic rings. The number of carboxylic acid groups (broad SMARTS) is 1. The smallest absolute Gasteiger partial charge is 0.412 e. The van der Waals surface area contributed by atoms with Crippen LogP contribution in [0, 0.1) is 0 Å². The molecule has 1 aromatic carbocycles. The minimum Gasteiger partial charge on any atom is -0.478 e. The van der Waals surface area contributed by atoms with Crippen molar-refractivity contribution in [3.05, 3.63) is 47.2 Å². The molecule has 2 rings (SSSR count). The van der Waals surface area contributed by atoms with Gasteiger partial charge in [-0.3, -0.25) is 5.32 Å². The first-order chi connectivity index (χ1) is 11.2. The van der Waals surface area contributed by atoms with Gasteiger partial charge in [0.25, 0.3) is 0 Å². The summed E-state index contributed by atoms with van der Waals surface area (Å²) >= 11 is 5.75. The van der Waals surface area contributed by atoms with Gasteiger partial charge >= 0.3 is 12.1 Å². The lowest BCUT2D eigenvalue weighted by Crippen LogP contribution is -2.27. The van der Waals surface area contributed by atoms with Crippen LogP contribution in [-0.2, 0) is 4.74 Å². The standard InChI is InChI=1S/C17H17ClN2O4/c1-17(2,3)24-16(23)20-11-6-4-10(5-7-11)13-9-19-14(18)8-12(13)15(21)22/h4-9H,1-3H3,(H,20,23)(H,21,22). The highest BCUT2D eigenvalue weighted by Crippen LogP contribution is 2.26. The zero-order chi connectivity index (χ0) is 17.9. The summed E-state index contributed by atoms with van der Waals surface area (Å²) in [7, 11) is 0. The van der Waals surface area contributed by atoms with Crippen LogP contribution in [0.15, 0.2) is 36.5 Å². The van der Waals surface area contributed by atoms with E-state index < -0.39 is 17.7 Å². The quantitative estimate of drug-likeness (QED) is 0.800. The third-order valence-electron chi connectivity index (χ3n) is 2.94. The number of benzene rings is 1. The SMILES string of the molecule is CC(C)(C)OC(=O)Nc1ccc(-c2cnc(Cl)cc2C(=O)O)cc1. The normalized spacial score (nSPS) is 11.0.